The SMILES string of the molecule is CCOC(=O)c1nc(=O)n(-c2ccc(OC)cc2)c(=O)[nH]1. The maximum absolute atomic E-state index is 12.0. The van der Waals surface area contributed by atoms with Gasteiger partial charge in [-0.3, -0.25) is 4.98 Å². The van der Waals surface area contributed by atoms with Crippen molar-refractivity contribution in [3.63, 3.8) is 0 Å². The van der Waals surface area contributed by atoms with E-state index in [0.29, 0.717) is 11.4 Å². The smallest absolute Gasteiger partial charge is 0.374 e. The van der Waals surface area contributed by atoms with Crippen LogP contribution in [0.15, 0.2) is 33.9 Å². The number of aromatic amines is 1. The van der Waals surface area contributed by atoms with Crippen molar-refractivity contribution >= 4 is 5.97 Å². The van der Waals surface area contributed by atoms with Crippen LogP contribution in [0, 0.1) is 0 Å². The average Bonchev–Trinajstić information content (AvgIpc) is 2.47. The number of esters is 1. The van der Waals surface area contributed by atoms with Gasteiger partial charge in [-0.2, -0.15) is 4.98 Å². The van der Waals surface area contributed by atoms with E-state index in [2.05, 4.69) is 14.7 Å². The molecular formula is C13H13N3O5. The van der Waals surface area contributed by atoms with E-state index in [1.54, 1.807) is 19.1 Å². The van der Waals surface area contributed by atoms with Gasteiger partial charge in [0.1, 0.15) is 5.75 Å². The molecule has 0 saturated carbocycles. The molecule has 1 aromatic carbocycles. The Morgan fingerprint density at radius 2 is 1.95 bits per heavy atom. The quantitative estimate of drug-likeness (QED) is 0.802. The molecule has 0 spiro atoms. The summed E-state index contributed by atoms with van der Waals surface area (Å²) >= 11 is 0. The number of nitrogens with one attached hydrogen (secondary N) is 1. The van der Waals surface area contributed by atoms with Crippen molar-refractivity contribution in [2.24, 2.45) is 0 Å². The molecule has 8 heteroatoms. The van der Waals surface area contributed by atoms with Crippen LogP contribution in [0.2, 0.25) is 0 Å². The van der Waals surface area contributed by atoms with Gasteiger partial charge in [0.05, 0.1) is 19.4 Å². The Kier molecular flexibility index (Phi) is 4.17. The molecule has 2 rings (SSSR count). The Labute approximate surface area is 119 Å². The molecule has 0 atom stereocenters. The summed E-state index contributed by atoms with van der Waals surface area (Å²) in [5.41, 5.74) is -1.33. The second-order valence-electron chi connectivity index (χ2n) is 3.93. The van der Waals surface area contributed by atoms with E-state index in [-0.39, 0.29) is 6.61 Å². The molecule has 1 heterocycles. The standard InChI is InChI=1S/C13H13N3O5/c1-3-21-11(17)10-14-12(18)16(13(19)15-10)8-4-6-9(20-2)7-5-8/h4-7H,3H2,1-2H3,(H,14,15,18,19). The van der Waals surface area contributed by atoms with Gasteiger partial charge in [0, 0.05) is 0 Å². The van der Waals surface area contributed by atoms with Crippen molar-refractivity contribution in [3.8, 4) is 11.4 Å². The molecule has 0 aliphatic heterocycles. The van der Waals surface area contributed by atoms with E-state index in [4.69, 9.17) is 4.74 Å². The van der Waals surface area contributed by atoms with Gasteiger partial charge < -0.3 is 9.47 Å². The molecule has 0 radical (unpaired) electrons. The van der Waals surface area contributed by atoms with Crippen molar-refractivity contribution in [1.29, 1.82) is 0 Å². The lowest BCUT2D eigenvalue weighted by Crippen LogP contribution is -2.38. The number of hydrogen-bond donors (Lipinski definition) is 1. The molecule has 0 bridgehead atoms. The van der Waals surface area contributed by atoms with Crippen LogP contribution >= 0.6 is 0 Å². The zero-order valence-electron chi connectivity index (χ0n) is 11.5. The highest BCUT2D eigenvalue weighted by Crippen LogP contribution is 2.12. The first-order chi connectivity index (χ1) is 10.1. The predicted octanol–water partition coefficient (Wildman–Crippen LogP) is 0.106. The first-order valence-electron chi connectivity index (χ1n) is 6.11. The minimum atomic E-state index is -0.869. The number of rotatable bonds is 4. The average molecular weight is 291 g/mol. The lowest BCUT2D eigenvalue weighted by molar-refractivity contribution is 0.0510. The predicted molar refractivity (Wildman–Crippen MR) is 73.0 cm³/mol. The third-order valence-electron chi connectivity index (χ3n) is 2.63. The fraction of sp³-hybridized carbons (Fsp3) is 0.231. The number of hydrogen-bond acceptors (Lipinski definition) is 6. The summed E-state index contributed by atoms with van der Waals surface area (Å²) in [6.07, 6.45) is 0. The molecule has 0 saturated heterocycles. The van der Waals surface area contributed by atoms with Crippen molar-refractivity contribution in [2.45, 2.75) is 6.92 Å². The van der Waals surface area contributed by atoms with Crippen molar-refractivity contribution in [1.82, 2.24) is 14.5 Å². The Hall–Kier alpha value is -2.90. The highest BCUT2D eigenvalue weighted by Gasteiger charge is 2.14. The second kappa shape index (κ2) is 6.04. The van der Waals surface area contributed by atoms with Crippen molar-refractivity contribution in [2.75, 3.05) is 13.7 Å². The monoisotopic (exact) mass is 291 g/mol. The molecule has 8 nitrogen and oxygen atoms in total. The van der Waals surface area contributed by atoms with E-state index in [0.717, 1.165) is 4.57 Å². The highest BCUT2D eigenvalue weighted by molar-refractivity contribution is 5.84. The van der Waals surface area contributed by atoms with Gasteiger partial charge >= 0.3 is 17.3 Å². The van der Waals surface area contributed by atoms with Crippen molar-refractivity contribution < 1.29 is 14.3 Å². The number of methoxy groups -OCH3 is 1. The summed E-state index contributed by atoms with van der Waals surface area (Å²) < 4.78 is 10.5. The Morgan fingerprint density at radius 3 is 2.48 bits per heavy atom. The second-order valence-corrected chi connectivity index (χ2v) is 3.93. The fourth-order valence-corrected chi connectivity index (χ4v) is 1.67. The van der Waals surface area contributed by atoms with Crippen molar-refractivity contribution in [3.05, 3.63) is 51.1 Å². The van der Waals surface area contributed by atoms with Gasteiger partial charge in [0.25, 0.3) is 0 Å². The zero-order chi connectivity index (χ0) is 15.4. The van der Waals surface area contributed by atoms with E-state index in [1.165, 1.54) is 19.2 Å². The van der Waals surface area contributed by atoms with Crippen LogP contribution in [0.3, 0.4) is 0 Å². The molecule has 110 valence electrons. The number of nitrogens with zero attached hydrogens (tertiary/aromatic N) is 2. The maximum Gasteiger partial charge on any atom is 0.374 e. The molecule has 21 heavy (non-hydrogen) atoms. The van der Waals surface area contributed by atoms with Gasteiger partial charge in [-0.25, -0.2) is 19.0 Å². The lowest BCUT2D eigenvalue weighted by atomic mass is 10.3. The number of ether oxygens (including phenoxy) is 2. The molecule has 1 aromatic heterocycles. The number of carbonyl (C=O) groups excluding carboxylic acids is 1. The van der Waals surface area contributed by atoms with Gasteiger partial charge in [-0.05, 0) is 31.2 Å². The summed E-state index contributed by atoms with van der Waals surface area (Å²) in [6.45, 7) is 1.72. The van der Waals surface area contributed by atoms with Gasteiger partial charge in [-0.1, -0.05) is 0 Å². The number of aromatic nitrogens is 3. The Balaban J connectivity index is 2.48. The van der Waals surface area contributed by atoms with Crippen LogP contribution in [0.1, 0.15) is 17.5 Å². The molecule has 1 N–H and O–H groups in total. The molecule has 0 unspecified atom stereocenters. The minimum Gasteiger partial charge on any atom is -0.497 e. The summed E-state index contributed by atoms with van der Waals surface area (Å²) in [4.78, 5) is 41.1. The molecule has 0 aliphatic rings. The van der Waals surface area contributed by atoms with E-state index >= 15 is 0 Å². The zero-order valence-corrected chi connectivity index (χ0v) is 11.5. The van der Waals surface area contributed by atoms with Crippen LogP contribution < -0.4 is 16.1 Å². The van der Waals surface area contributed by atoms with Crippen LogP contribution in [-0.2, 0) is 4.74 Å². The highest BCUT2D eigenvalue weighted by atomic mass is 16.5. The van der Waals surface area contributed by atoms with E-state index in [1.807, 2.05) is 0 Å². The molecular weight excluding hydrogens is 278 g/mol. The largest absolute Gasteiger partial charge is 0.497 e. The summed E-state index contributed by atoms with van der Waals surface area (Å²) in [7, 11) is 1.50. The third-order valence-corrected chi connectivity index (χ3v) is 2.63. The minimum absolute atomic E-state index is 0.115. The van der Waals surface area contributed by atoms with Gasteiger partial charge in [-0.15, -0.1) is 0 Å². The van der Waals surface area contributed by atoms with Gasteiger partial charge in [0.2, 0.25) is 5.82 Å². The molecule has 0 fully saturated rings. The van der Waals surface area contributed by atoms with Crippen LogP contribution in [-0.4, -0.2) is 34.2 Å². The van der Waals surface area contributed by atoms with Crippen LogP contribution in [0.5, 0.6) is 5.75 Å². The first kappa shape index (κ1) is 14.5. The Morgan fingerprint density at radius 1 is 1.29 bits per heavy atom. The van der Waals surface area contributed by atoms with E-state index < -0.39 is 23.2 Å². The third kappa shape index (κ3) is 2.99. The summed E-state index contributed by atoms with van der Waals surface area (Å²) in [5, 5.41) is 0. The normalized spacial score (nSPS) is 10.2. The molecule has 0 amide bonds. The number of benzene rings is 1. The van der Waals surface area contributed by atoms with Crippen LogP contribution in [0.25, 0.3) is 5.69 Å². The van der Waals surface area contributed by atoms with Crippen LogP contribution in [0.4, 0.5) is 0 Å². The maximum atomic E-state index is 12.0. The van der Waals surface area contributed by atoms with E-state index in [9.17, 15) is 14.4 Å². The topological polar surface area (TPSA) is 103 Å². The lowest BCUT2D eigenvalue weighted by Gasteiger charge is -2.06. The number of carbonyl (C=O) groups is 1. The summed E-state index contributed by atoms with van der Waals surface area (Å²) in [6, 6.07) is 6.25. The van der Waals surface area contributed by atoms with Gasteiger partial charge in [0.15, 0.2) is 0 Å². The first-order valence-corrected chi connectivity index (χ1v) is 6.11. The number of H-pyrrole nitrogens is 1. The molecule has 2 aromatic rings. The fourth-order valence-electron chi connectivity index (χ4n) is 1.67. The molecule has 0 aliphatic carbocycles. The summed E-state index contributed by atoms with van der Waals surface area (Å²) in [5.74, 6) is -0.690. The Bertz CT molecular complexity index is 729.